The van der Waals surface area contributed by atoms with Gasteiger partial charge in [0.25, 0.3) is 5.91 Å². The quantitative estimate of drug-likeness (QED) is 0.782. The summed E-state index contributed by atoms with van der Waals surface area (Å²) in [6.07, 6.45) is 5.10. The Morgan fingerprint density at radius 2 is 2.00 bits per heavy atom. The molecule has 1 saturated heterocycles. The topological polar surface area (TPSA) is 46.6 Å². The molecule has 2 amide bonds. The Bertz CT molecular complexity index is 519. The van der Waals surface area contributed by atoms with Crippen molar-refractivity contribution in [1.82, 2.24) is 4.90 Å². The second kappa shape index (κ2) is 4.88. The summed E-state index contributed by atoms with van der Waals surface area (Å²) in [5, 5.41) is 0. The van der Waals surface area contributed by atoms with Crippen molar-refractivity contribution < 1.29 is 14.3 Å². The van der Waals surface area contributed by atoms with E-state index in [1.807, 2.05) is 36.4 Å². The standard InChI is InChI=1S/C15H15NO3/c17-14(9-8-11-6-7-11)16-13(10-19-15(16)18)12-4-2-1-3-5-12/h1-5,8-9,11,13H,6-7,10H2. The van der Waals surface area contributed by atoms with Crippen molar-refractivity contribution in [1.29, 1.82) is 0 Å². The fourth-order valence-corrected chi connectivity index (χ4v) is 2.17. The molecular formula is C15H15NO3. The molecule has 2 fully saturated rings. The van der Waals surface area contributed by atoms with Gasteiger partial charge >= 0.3 is 6.09 Å². The summed E-state index contributed by atoms with van der Waals surface area (Å²) in [6, 6.07) is 9.17. The van der Waals surface area contributed by atoms with Crippen molar-refractivity contribution in [2.75, 3.05) is 6.61 Å². The Morgan fingerprint density at radius 3 is 2.68 bits per heavy atom. The molecular weight excluding hydrogens is 242 g/mol. The highest BCUT2D eigenvalue weighted by Gasteiger charge is 2.37. The van der Waals surface area contributed by atoms with Gasteiger partial charge in [0.15, 0.2) is 0 Å². The number of benzene rings is 1. The third-order valence-corrected chi connectivity index (χ3v) is 3.43. The van der Waals surface area contributed by atoms with Gasteiger partial charge in [0.05, 0.1) is 0 Å². The normalized spacial score (nSPS) is 22.8. The lowest BCUT2D eigenvalue weighted by atomic mass is 10.1. The number of carbonyl (C=O) groups excluding carboxylic acids is 2. The molecule has 98 valence electrons. The number of hydrogen-bond donors (Lipinski definition) is 0. The number of hydrogen-bond acceptors (Lipinski definition) is 3. The van der Waals surface area contributed by atoms with Crippen LogP contribution in [0.2, 0.25) is 0 Å². The summed E-state index contributed by atoms with van der Waals surface area (Å²) in [6.45, 7) is 0.228. The number of imide groups is 1. The Hall–Kier alpha value is -2.10. The molecule has 0 aromatic heterocycles. The van der Waals surface area contributed by atoms with Crippen molar-refractivity contribution in [2.45, 2.75) is 18.9 Å². The first-order valence-corrected chi connectivity index (χ1v) is 6.49. The van der Waals surface area contributed by atoms with E-state index in [-0.39, 0.29) is 18.6 Å². The largest absolute Gasteiger partial charge is 0.446 e. The third kappa shape index (κ3) is 2.52. The van der Waals surface area contributed by atoms with Gasteiger partial charge in [0, 0.05) is 0 Å². The Labute approximate surface area is 111 Å². The van der Waals surface area contributed by atoms with Crippen LogP contribution in [-0.4, -0.2) is 23.5 Å². The molecule has 2 aliphatic rings. The molecule has 1 aliphatic carbocycles. The molecule has 1 heterocycles. The van der Waals surface area contributed by atoms with Crippen LogP contribution in [0.15, 0.2) is 42.5 Å². The number of amides is 2. The molecule has 0 bridgehead atoms. The van der Waals surface area contributed by atoms with Crippen LogP contribution in [0.1, 0.15) is 24.4 Å². The number of carbonyl (C=O) groups is 2. The second-order valence-corrected chi connectivity index (χ2v) is 4.91. The van der Waals surface area contributed by atoms with Crippen molar-refractivity contribution in [3.8, 4) is 0 Å². The van der Waals surface area contributed by atoms with Crippen molar-refractivity contribution in [3.05, 3.63) is 48.0 Å². The van der Waals surface area contributed by atoms with E-state index >= 15 is 0 Å². The minimum atomic E-state index is -0.556. The van der Waals surface area contributed by atoms with Gasteiger partial charge < -0.3 is 4.74 Å². The van der Waals surface area contributed by atoms with Crippen molar-refractivity contribution >= 4 is 12.0 Å². The van der Waals surface area contributed by atoms with Crippen LogP contribution in [-0.2, 0) is 9.53 Å². The lowest BCUT2D eigenvalue weighted by molar-refractivity contribution is -0.124. The van der Waals surface area contributed by atoms with E-state index in [4.69, 9.17) is 4.74 Å². The van der Waals surface area contributed by atoms with Crippen LogP contribution in [0.25, 0.3) is 0 Å². The van der Waals surface area contributed by atoms with Crippen LogP contribution in [0.5, 0.6) is 0 Å². The second-order valence-electron chi connectivity index (χ2n) is 4.91. The predicted octanol–water partition coefficient (Wildman–Crippen LogP) is 2.67. The van der Waals surface area contributed by atoms with Gasteiger partial charge in [-0.1, -0.05) is 36.4 Å². The molecule has 1 saturated carbocycles. The fourth-order valence-electron chi connectivity index (χ4n) is 2.17. The zero-order valence-corrected chi connectivity index (χ0v) is 10.5. The number of ether oxygens (including phenoxy) is 1. The smallest absolute Gasteiger partial charge is 0.417 e. The molecule has 0 radical (unpaired) electrons. The van der Waals surface area contributed by atoms with Crippen LogP contribution in [0, 0.1) is 5.92 Å². The van der Waals surface area contributed by atoms with Crippen LogP contribution >= 0.6 is 0 Å². The lowest BCUT2D eigenvalue weighted by Gasteiger charge is -2.18. The van der Waals surface area contributed by atoms with E-state index in [1.54, 1.807) is 0 Å². The van der Waals surface area contributed by atoms with E-state index in [2.05, 4.69) is 0 Å². The van der Waals surface area contributed by atoms with Crippen LogP contribution < -0.4 is 0 Å². The number of cyclic esters (lactones) is 1. The monoisotopic (exact) mass is 257 g/mol. The van der Waals surface area contributed by atoms with Crippen molar-refractivity contribution in [3.63, 3.8) is 0 Å². The summed E-state index contributed by atoms with van der Waals surface area (Å²) in [5.41, 5.74) is 0.918. The first-order valence-electron chi connectivity index (χ1n) is 6.49. The van der Waals surface area contributed by atoms with Gasteiger partial charge in [-0.15, -0.1) is 0 Å². The molecule has 4 nitrogen and oxygen atoms in total. The summed E-state index contributed by atoms with van der Waals surface area (Å²) in [4.78, 5) is 25.0. The Morgan fingerprint density at radius 1 is 1.26 bits per heavy atom. The minimum Gasteiger partial charge on any atom is -0.446 e. The fraction of sp³-hybridized carbons (Fsp3) is 0.333. The molecule has 1 unspecified atom stereocenters. The Balaban J connectivity index is 1.80. The zero-order valence-electron chi connectivity index (χ0n) is 10.5. The first kappa shape index (κ1) is 12.0. The predicted molar refractivity (Wildman–Crippen MR) is 69.2 cm³/mol. The highest BCUT2D eigenvalue weighted by Crippen LogP contribution is 2.31. The molecule has 4 heteroatoms. The van der Waals surface area contributed by atoms with Crippen molar-refractivity contribution in [2.24, 2.45) is 5.92 Å². The maximum atomic E-state index is 12.1. The highest BCUT2D eigenvalue weighted by molar-refractivity contribution is 6.00. The summed E-state index contributed by atoms with van der Waals surface area (Å²) >= 11 is 0. The van der Waals surface area contributed by atoms with Crippen LogP contribution in [0.3, 0.4) is 0 Å². The summed E-state index contributed by atoms with van der Waals surface area (Å²) in [5.74, 6) is 0.223. The van der Waals surface area contributed by atoms with Gasteiger partial charge in [-0.05, 0) is 30.4 Å². The van der Waals surface area contributed by atoms with Gasteiger partial charge in [0.1, 0.15) is 12.6 Å². The highest BCUT2D eigenvalue weighted by atomic mass is 16.6. The van der Waals surface area contributed by atoms with E-state index < -0.39 is 6.09 Å². The molecule has 1 aromatic carbocycles. The molecule has 19 heavy (non-hydrogen) atoms. The molecule has 0 N–H and O–H groups in total. The molecule has 1 aliphatic heterocycles. The van der Waals surface area contributed by atoms with E-state index in [0.717, 1.165) is 18.4 Å². The maximum Gasteiger partial charge on any atom is 0.417 e. The third-order valence-electron chi connectivity index (χ3n) is 3.43. The maximum absolute atomic E-state index is 12.1. The van der Waals surface area contributed by atoms with Gasteiger partial charge in [0.2, 0.25) is 0 Å². The van der Waals surface area contributed by atoms with E-state index in [1.165, 1.54) is 11.0 Å². The van der Waals surface area contributed by atoms with E-state index in [9.17, 15) is 9.59 Å². The summed E-state index contributed by atoms with van der Waals surface area (Å²) < 4.78 is 5.01. The molecule has 1 atom stereocenters. The van der Waals surface area contributed by atoms with E-state index in [0.29, 0.717) is 5.92 Å². The first-order chi connectivity index (χ1) is 9.25. The molecule has 1 aromatic rings. The molecule has 3 rings (SSSR count). The van der Waals surface area contributed by atoms with Gasteiger partial charge in [-0.25, -0.2) is 9.69 Å². The van der Waals surface area contributed by atoms with Gasteiger partial charge in [-0.3, -0.25) is 4.79 Å². The Kier molecular flexibility index (Phi) is 3.07. The lowest BCUT2D eigenvalue weighted by Crippen LogP contribution is -2.32. The SMILES string of the molecule is O=C(C=CC1CC1)N1C(=O)OCC1c1ccccc1. The molecule has 0 spiro atoms. The summed E-state index contributed by atoms with van der Waals surface area (Å²) in [7, 11) is 0. The van der Waals surface area contributed by atoms with Crippen LogP contribution in [0.4, 0.5) is 4.79 Å². The number of rotatable bonds is 3. The average Bonchev–Trinajstić information content (AvgIpc) is 3.19. The zero-order chi connectivity index (χ0) is 13.2. The average molecular weight is 257 g/mol. The van der Waals surface area contributed by atoms with Gasteiger partial charge in [-0.2, -0.15) is 0 Å². The minimum absolute atomic E-state index is 0.228. The number of allylic oxidation sites excluding steroid dienone is 1. The number of nitrogens with zero attached hydrogens (tertiary/aromatic N) is 1.